The van der Waals surface area contributed by atoms with E-state index in [4.69, 9.17) is 16.7 Å². The number of aliphatic carboxylic acids is 1. The topological polar surface area (TPSA) is 80.9 Å². The minimum absolute atomic E-state index is 0.396. The van der Waals surface area contributed by atoms with E-state index in [-0.39, 0.29) is 0 Å². The van der Waals surface area contributed by atoms with Crippen molar-refractivity contribution in [2.75, 3.05) is 0 Å². The Labute approximate surface area is 128 Å². The van der Waals surface area contributed by atoms with Crippen LogP contribution in [-0.2, 0) is 4.79 Å². The highest BCUT2D eigenvalue weighted by atomic mass is 79.9. The Hall–Kier alpha value is -1.47. The summed E-state index contributed by atoms with van der Waals surface area (Å²) in [5, 5.41) is 21.1. The molecule has 0 aliphatic heterocycles. The van der Waals surface area contributed by atoms with Gasteiger partial charge in [-0.15, -0.1) is 5.10 Å². The molecular formula is C12H12BrClN4O2. The van der Waals surface area contributed by atoms with Gasteiger partial charge in [-0.1, -0.05) is 27.5 Å². The lowest BCUT2D eigenvalue weighted by Gasteiger charge is -2.17. The van der Waals surface area contributed by atoms with Gasteiger partial charge in [0.15, 0.2) is 5.82 Å². The zero-order valence-electron chi connectivity index (χ0n) is 10.8. The summed E-state index contributed by atoms with van der Waals surface area (Å²) >= 11 is 9.53. The van der Waals surface area contributed by atoms with Crippen LogP contribution in [0.3, 0.4) is 0 Å². The lowest BCUT2D eigenvalue weighted by atomic mass is 10.0. The number of aromatic nitrogens is 4. The van der Waals surface area contributed by atoms with Crippen molar-refractivity contribution < 1.29 is 9.90 Å². The van der Waals surface area contributed by atoms with E-state index in [1.807, 2.05) is 6.07 Å². The second-order valence-electron chi connectivity index (χ2n) is 4.44. The van der Waals surface area contributed by atoms with Crippen molar-refractivity contribution in [3.8, 4) is 11.4 Å². The van der Waals surface area contributed by atoms with Crippen molar-refractivity contribution in [1.82, 2.24) is 20.2 Å². The lowest BCUT2D eigenvalue weighted by molar-refractivity contribution is -0.142. The summed E-state index contributed by atoms with van der Waals surface area (Å²) in [6.45, 7) is 3.37. The van der Waals surface area contributed by atoms with Crippen molar-refractivity contribution >= 4 is 33.5 Å². The Kier molecular flexibility index (Phi) is 4.39. The molecule has 20 heavy (non-hydrogen) atoms. The van der Waals surface area contributed by atoms with Gasteiger partial charge in [-0.3, -0.25) is 4.79 Å². The van der Waals surface area contributed by atoms with E-state index in [2.05, 4.69) is 31.5 Å². The molecule has 2 aromatic rings. The van der Waals surface area contributed by atoms with Crippen LogP contribution in [0.2, 0.25) is 5.02 Å². The quantitative estimate of drug-likeness (QED) is 0.907. The van der Waals surface area contributed by atoms with E-state index < -0.39 is 17.9 Å². The number of rotatable bonds is 4. The molecule has 0 fully saturated rings. The van der Waals surface area contributed by atoms with Crippen LogP contribution >= 0.6 is 27.5 Å². The van der Waals surface area contributed by atoms with Crippen LogP contribution in [0.15, 0.2) is 22.7 Å². The monoisotopic (exact) mass is 358 g/mol. The van der Waals surface area contributed by atoms with Crippen molar-refractivity contribution in [2.24, 2.45) is 5.92 Å². The van der Waals surface area contributed by atoms with Gasteiger partial charge in [0, 0.05) is 10.0 Å². The maximum absolute atomic E-state index is 11.1. The zero-order chi connectivity index (χ0) is 14.9. The number of tetrazole rings is 1. The number of carboxylic acid groups (broad SMARTS) is 1. The van der Waals surface area contributed by atoms with Gasteiger partial charge in [0.2, 0.25) is 0 Å². The Morgan fingerprint density at radius 2 is 2.15 bits per heavy atom. The Balaban J connectivity index is 2.48. The summed E-state index contributed by atoms with van der Waals surface area (Å²) in [6, 6.07) is 4.93. The Morgan fingerprint density at radius 1 is 1.45 bits per heavy atom. The largest absolute Gasteiger partial charge is 0.481 e. The lowest BCUT2D eigenvalue weighted by Crippen LogP contribution is -2.23. The summed E-state index contributed by atoms with van der Waals surface area (Å²) < 4.78 is 2.32. The summed E-state index contributed by atoms with van der Waals surface area (Å²) in [4.78, 5) is 11.1. The molecule has 0 radical (unpaired) electrons. The highest BCUT2D eigenvalue weighted by Crippen LogP contribution is 2.31. The summed E-state index contributed by atoms with van der Waals surface area (Å²) in [7, 11) is 0. The molecule has 2 atom stereocenters. The minimum atomic E-state index is -0.903. The first-order chi connectivity index (χ1) is 9.41. The van der Waals surface area contributed by atoms with Crippen molar-refractivity contribution in [3.63, 3.8) is 0 Å². The number of hydrogen-bond donors (Lipinski definition) is 1. The molecule has 0 amide bonds. The van der Waals surface area contributed by atoms with E-state index in [9.17, 15) is 4.79 Å². The smallest absolute Gasteiger partial charge is 0.308 e. The highest BCUT2D eigenvalue weighted by Gasteiger charge is 2.25. The number of nitrogens with zero attached hydrogens (tertiary/aromatic N) is 4. The summed E-state index contributed by atoms with van der Waals surface area (Å²) in [5.74, 6) is -1.08. The van der Waals surface area contributed by atoms with Crippen LogP contribution in [0.4, 0.5) is 0 Å². The van der Waals surface area contributed by atoms with Crippen molar-refractivity contribution in [2.45, 2.75) is 19.9 Å². The molecule has 0 aliphatic carbocycles. The molecule has 0 spiro atoms. The second-order valence-corrected chi connectivity index (χ2v) is 5.76. The molecular weight excluding hydrogens is 348 g/mol. The number of carbonyl (C=O) groups is 1. The molecule has 2 unspecified atom stereocenters. The fourth-order valence-electron chi connectivity index (χ4n) is 1.73. The fourth-order valence-corrected chi connectivity index (χ4v) is 2.30. The van der Waals surface area contributed by atoms with Crippen LogP contribution in [0.5, 0.6) is 0 Å². The molecule has 106 valence electrons. The first-order valence-corrected chi connectivity index (χ1v) is 7.05. The highest BCUT2D eigenvalue weighted by molar-refractivity contribution is 9.10. The third kappa shape index (κ3) is 2.83. The molecule has 1 aromatic heterocycles. The predicted octanol–water partition coefficient (Wildman–Crippen LogP) is 3.04. The van der Waals surface area contributed by atoms with Crippen LogP contribution in [0, 0.1) is 5.92 Å². The molecule has 0 bridgehead atoms. The van der Waals surface area contributed by atoms with Crippen LogP contribution in [0.1, 0.15) is 19.9 Å². The normalized spacial score (nSPS) is 14.0. The van der Waals surface area contributed by atoms with Gasteiger partial charge < -0.3 is 5.11 Å². The zero-order valence-corrected chi connectivity index (χ0v) is 13.1. The second kappa shape index (κ2) is 5.88. The van der Waals surface area contributed by atoms with E-state index in [1.165, 1.54) is 4.68 Å². The molecule has 1 aromatic carbocycles. The summed E-state index contributed by atoms with van der Waals surface area (Å²) in [6.07, 6.45) is 0. The molecule has 8 heteroatoms. The third-order valence-corrected chi connectivity index (χ3v) is 3.98. The van der Waals surface area contributed by atoms with Gasteiger partial charge in [-0.25, -0.2) is 4.68 Å². The average Bonchev–Trinajstić information content (AvgIpc) is 2.88. The Morgan fingerprint density at radius 3 is 2.80 bits per heavy atom. The van der Waals surface area contributed by atoms with Crippen molar-refractivity contribution in [1.29, 1.82) is 0 Å². The molecule has 1 heterocycles. The van der Waals surface area contributed by atoms with Gasteiger partial charge in [0.1, 0.15) is 0 Å². The van der Waals surface area contributed by atoms with Gasteiger partial charge in [0.25, 0.3) is 0 Å². The molecule has 0 saturated heterocycles. The van der Waals surface area contributed by atoms with E-state index >= 15 is 0 Å². The number of hydrogen-bond acceptors (Lipinski definition) is 4. The van der Waals surface area contributed by atoms with Crippen LogP contribution < -0.4 is 0 Å². The van der Waals surface area contributed by atoms with Crippen LogP contribution in [-0.4, -0.2) is 31.3 Å². The maximum Gasteiger partial charge on any atom is 0.308 e. The van der Waals surface area contributed by atoms with E-state index in [1.54, 1.807) is 26.0 Å². The predicted molar refractivity (Wildman–Crippen MR) is 77.5 cm³/mol. The first kappa shape index (κ1) is 14.9. The summed E-state index contributed by atoms with van der Waals surface area (Å²) in [5.41, 5.74) is 0.649. The molecule has 1 N–H and O–H groups in total. The van der Waals surface area contributed by atoms with Gasteiger partial charge >= 0.3 is 5.97 Å². The van der Waals surface area contributed by atoms with Crippen molar-refractivity contribution in [3.05, 3.63) is 27.7 Å². The fraction of sp³-hybridized carbons (Fsp3) is 0.333. The van der Waals surface area contributed by atoms with Crippen LogP contribution in [0.25, 0.3) is 11.4 Å². The minimum Gasteiger partial charge on any atom is -0.481 e. The standard InChI is InChI=1S/C12H12BrClN4O2/c1-6(12(19)20)7(2)18-11(15-16-17-18)9-5-8(13)3-4-10(9)14/h3-7H,1-2H3,(H,19,20). The number of benzene rings is 1. The average molecular weight is 360 g/mol. The van der Waals surface area contributed by atoms with Gasteiger partial charge in [-0.2, -0.15) is 0 Å². The molecule has 2 rings (SSSR count). The Bertz CT molecular complexity index is 646. The third-order valence-electron chi connectivity index (χ3n) is 3.16. The molecule has 0 saturated carbocycles. The molecule has 0 aliphatic rings. The van der Waals surface area contributed by atoms with E-state index in [0.717, 1.165) is 4.47 Å². The number of carboxylic acids is 1. The first-order valence-electron chi connectivity index (χ1n) is 5.88. The molecule has 6 nitrogen and oxygen atoms in total. The SMILES string of the molecule is CC(C(=O)O)C(C)n1nnnc1-c1cc(Br)ccc1Cl. The van der Waals surface area contributed by atoms with Gasteiger partial charge in [-0.05, 0) is 42.5 Å². The maximum atomic E-state index is 11.1. The number of halogens is 2. The van der Waals surface area contributed by atoms with E-state index in [0.29, 0.717) is 16.4 Å². The van der Waals surface area contributed by atoms with Gasteiger partial charge in [0.05, 0.1) is 17.0 Å².